The molecule has 0 aliphatic heterocycles. The van der Waals surface area contributed by atoms with Gasteiger partial charge in [0, 0.05) is 5.41 Å². The van der Waals surface area contributed by atoms with Crippen molar-refractivity contribution in [1.29, 1.82) is 5.26 Å². The quantitative estimate of drug-likeness (QED) is 0.476. The first-order valence-electron chi connectivity index (χ1n) is 8.65. The summed E-state index contributed by atoms with van der Waals surface area (Å²) in [6.07, 6.45) is 2.42. The van der Waals surface area contributed by atoms with E-state index in [0.717, 1.165) is 0 Å². The molecule has 1 aromatic carbocycles. The van der Waals surface area contributed by atoms with Crippen molar-refractivity contribution in [2.75, 3.05) is 13.7 Å². The number of hydrogen-bond donors (Lipinski definition) is 0. The molecule has 144 valence electrons. The molecule has 0 spiro atoms. The summed E-state index contributed by atoms with van der Waals surface area (Å²) >= 11 is 0. The van der Waals surface area contributed by atoms with Gasteiger partial charge in [-0.05, 0) is 24.1 Å². The fraction of sp³-hybridized carbons (Fsp3) is 0.409. The van der Waals surface area contributed by atoms with Crippen molar-refractivity contribution < 1.29 is 19.1 Å². The van der Waals surface area contributed by atoms with Crippen LogP contribution in [-0.2, 0) is 14.3 Å². The van der Waals surface area contributed by atoms with E-state index in [1.165, 1.54) is 7.11 Å². The molecule has 0 fully saturated rings. The summed E-state index contributed by atoms with van der Waals surface area (Å²) in [6.45, 7) is 12.9. The first kappa shape index (κ1) is 22.3. The Bertz CT molecular complexity index is 737. The van der Waals surface area contributed by atoms with Crippen LogP contribution >= 0.6 is 0 Å². The van der Waals surface area contributed by atoms with Gasteiger partial charge in [0.05, 0.1) is 25.3 Å². The van der Waals surface area contributed by atoms with Crippen LogP contribution in [-0.4, -0.2) is 25.5 Å². The van der Waals surface area contributed by atoms with E-state index >= 15 is 0 Å². The third-order valence-corrected chi connectivity index (χ3v) is 4.22. The average Bonchev–Trinajstić information content (AvgIpc) is 2.65. The van der Waals surface area contributed by atoms with Crippen molar-refractivity contribution >= 4 is 11.8 Å². The summed E-state index contributed by atoms with van der Waals surface area (Å²) in [5.74, 6) is -0.697. The number of carbonyl (C=O) groups is 2. The van der Waals surface area contributed by atoms with Gasteiger partial charge in [-0.3, -0.25) is 4.79 Å². The van der Waals surface area contributed by atoms with Gasteiger partial charge < -0.3 is 9.47 Å². The number of ether oxygens (including phenoxy) is 2. The minimum Gasteiger partial charge on any atom is -0.465 e. The van der Waals surface area contributed by atoms with E-state index in [4.69, 9.17) is 9.47 Å². The highest BCUT2D eigenvalue weighted by molar-refractivity contribution is 5.93. The van der Waals surface area contributed by atoms with Crippen LogP contribution in [0.2, 0.25) is 0 Å². The van der Waals surface area contributed by atoms with Crippen molar-refractivity contribution in [3.8, 4) is 6.07 Å². The molecule has 2 atom stereocenters. The maximum atomic E-state index is 13.3. The van der Waals surface area contributed by atoms with Crippen LogP contribution in [0.25, 0.3) is 0 Å². The predicted octanol–water partition coefficient (Wildman–Crippen LogP) is 4.42. The molecule has 27 heavy (non-hydrogen) atoms. The first-order chi connectivity index (χ1) is 12.7. The lowest BCUT2D eigenvalue weighted by molar-refractivity contribution is -0.141. The van der Waals surface area contributed by atoms with Crippen molar-refractivity contribution in [1.82, 2.24) is 0 Å². The number of Topliss-reactive ketones (excluding diaryl/α,β-unsaturated/α-hetero) is 1. The van der Waals surface area contributed by atoms with Crippen LogP contribution in [0.5, 0.6) is 0 Å². The molecule has 5 heteroatoms. The summed E-state index contributed by atoms with van der Waals surface area (Å²) in [5.41, 5.74) is -1.21. The number of nitrogens with zero attached hydrogens (tertiary/aromatic N) is 1. The van der Waals surface area contributed by atoms with E-state index in [2.05, 4.69) is 19.2 Å². The minimum atomic E-state index is -1.45. The summed E-state index contributed by atoms with van der Waals surface area (Å²) in [6, 6.07) is 8.72. The lowest BCUT2D eigenvalue weighted by Crippen LogP contribution is -2.43. The molecule has 0 heterocycles. The Hall–Kier alpha value is -2.71. The number of methoxy groups -OCH3 is 1. The zero-order valence-corrected chi connectivity index (χ0v) is 16.5. The van der Waals surface area contributed by atoms with E-state index in [-0.39, 0.29) is 18.8 Å². The second-order valence-electron chi connectivity index (χ2n) is 7.27. The monoisotopic (exact) mass is 369 g/mol. The number of benzene rings is 1. The Morgan fingerprint density at radius 1 is 1.19 bits per heavy atom. The smallest absolute Gasteiger partial charge is 0.337 e. The summed E-state index contributed by atoms with van der Waals surface area (Å²) in [5, 5.41) is 10.1. The largest absolute Gasteiger partial charge is 0.465 e. The summed E-state index contributed by atoms with van der Waals surface area (Å²) in [4.78, 5) is 24.9. The molecule has 0 aromatic heterocycles. The topological polar surface area (TPSA) is 76.4 Å². The highest BCUT2D eigenvalue weighted by atomic mass is 16.5. The molecule has 0 bridgehead atoms. The van der Waals surface area contributed by atoms with Gasteiger partial charge in [-0.15, -0.1) is 13.2 Å². The molecule has 0 N–H and O–H groups in total. The van der Waals surface area contributed by atoms with Gasteiger partial charge in [0.1, 0.15) is 11.5 Å². The predicted molar refractivity (Wildman–Crippen MR) is 104 cm³/mol. The molecular formula is C22H27NO4. The molecular weight excluding hydrogens is 342 g/mol. The number of nitriles is 1. The highest BCUT2D eigenvalue weighted by Gasteiger charge is 2.50. The summed E-state index contributed by atoms with van der Waals surface area (Å²) in [7, 11) is 1.30. The standard InChI is InChI=1S/C22H27NO4/c1-7-13-22(15-23,20(25)21(3,4)5)18(27-14-8-2)16-9-11-17(12-10-16)19(24)26-6/h7-12,18H,1-2,13-14H2,3-6H3/t18-,22-/m0/s1. The normalized spacial score (nSPS) is 14.3. The van der Waals surface area contributed by atoms with Crippen LogP contribution in [0.3, 0.4) is 0 Å². The third-order valence-electron chi connectivity index (χ3n) is 4.22. The molecule has 0 unspecified atom stereocenters. The highest BCUT2D eigenvalue weighted by Crippen LogP contribution is 2.45. The molecule has 0 amide bonds. The van der Waals surface area contributed by atoms with Gasteiger partial charge in [-0.25, -0.2) is 4.79 Å². The van der Waals surface area contributed by atoms with Crippen LogP contribution < -0.4 is 0 Å². The van der Waals surface area contributed by atoms with E-state index in [1.807, 2.05) is 0 Å². The minimum absolute atomic E-state index is 0.139. The fourth-order valence-corrected chi connectivity index (χ4v) is 2.97. The summed E-state index contributed by atoms with van der Waals surface area (Å²) < 4.78 is 10.6. The van der Waals surface area contributed by atoms with Crippen molar-refractivity contribution in [3.63, 3.8) is 0 Å². The Labute approximate surface area is 161 Å². The molecule has 1 aromatic rings. The lowest BCUT2D eigenvalue weighted by Gasteiger charge is -2.37. The van der Waals surface area contributed by atoms with Crippen molar-refractivity contribution in [2.45, 2.75) is 33.3 Å². The third kappa shape index (κ3) is 4.93. The molecule has 0 aliphatic rings. The van der Waals surface area contributed by atoms with Crippen LogP contribution in [0.4, 0.5) is 0 Å². The fourth-order valence-electron chi connectivity index (χ4n) is 2.97. The van der Waals surface area contributed by atoms with Crippen molar-refractivity contribution in [3.05, 3.63) is 60.7 Å². The van der Waals surface area contributed by atoms with E-state index < -0.39 is 22.9 Å². The maximum Gasteiger partial charge on any atom is 0.337 e. The second-order valence-corrected chi connectivity index (χ2v) is 7.27. The Balaban J connectivity index is 3.54. The zero-order valence-electron chi connectivity index (χ0n) is 16.5. The molecule has 0 radical (unpaired) electrons. The SMILES string of the molecule is C=CCO[C@@H](c1ccc(C(=O)OC)cc1)[C@@](C#N)(CC=C)C(=O)C(C)(C)C. The van der Waals surface area contributed by atoms with Crippen LogP contribution in [0.15, 0.2) is 49.6 Å². The Morgan fingerprint density at radius 3 is 2.19 bits per heavy atom. The van der Waals surface area contributed by atoms with Gasteiger partial charge in [0.15, 0.2) is 5.78 Å². The Morgan fingerprint density at radius 2 is 1.78 bits per heavy atom. The van der Waals surface area contributed by atoms with E-state index in [1.54, 1.807) is 57.2 Å². The molecule has 0 saturated carbocycles. The molecule has 1 rings (SSSR count). The number of ketones is 1. The van der Waals surface area contributed by atoms with E-state index in [0.29, 0.717) is 11.1 Å². The number of esters is 1. The molecule has 0 saturated heterocycles. The zero-order chi connectivity index (χ0) is 20.7. The van der Waals surface area contributed by atoms with Gasteiger partial charge >= 0.3 is 5.97 Å². The number of allylic oxidation sites excluding steroid dienone is 1. The Kier molecular flexibility index (Phi) is 7.68. The van der Waals surface area contributed by atoms with Crippen molar-refractivity contribution in [2.24, 2.45) is 10.8 Å². The van der Waals surface area contributed by atoms with Gasteiger partial charge in [-0.1, -0.05) is 45.1 Å². The number of hydrogen-bond acceptors (Lipinski definition) is 5. The van der Waals surface area contributed by atoms with E-state index in [9.17, 15) is 14.9 Å². The average molecular weight is 369 g/mol. The second kappa shape index (κ2) is 9.29. The van der Waals surface area contributed by atoms with Gasteiger partial charge in [-0.2, -0.15) is 5.26 Å². The molecule has 0 aliphatic carbocycles. The number of rotatable bonds is 9. The first-order valence-corrected chi connectivity index (χ1v) is 8.65. The van der Waals surface area contributed by atoms with Gasteiger partial charge in [0.2, 0.25) is 0 Å². The van der Waals surface area contributed by atoms with Crippen LogP contribution in [0, 0.1) is 22.2 Å². The molecule has 5 nitrogen and oxygen atoms in total. The lowest BCUT2D eigenvalue weighted by atomic mass is 9.66. The number of carbonyl (C=O) groups excluding carboxylic acids is 2. The van der Waals surface area contributed by atoms with Gasteiger partial charge in [0.25, 0.3) is 0 Å². The maximum absolute atomic E-state index is 13.3. The van der Waals surface area contributed by atoms with Crippen LogP contribution in [0.1, 0.15) is 49.2 Å².